The molecule has 0 saturated carbocycles. The molecule has 0 aliphatic carbocycles. The maximum atomic E-state index is 9.47. The van der Waals surface area contributed by atoms with E-state index in [4.69, 9.17) is 4.74 Å². The molecule has 0 amide bonds. The number of ether oxygens (including phenoxy) is 1. The number of rotatable bonds is 7. The van der Waals surface area contributed by atoms with Gasteiger partial charge in [-0.1, -0.05) is 31.2 Å². The lowest BCUT2D eigenvalue weighted by Crippen LogP contribution is -2.29. The second-order valence-electron chi connectivity index (χ2n) is 3.86. The van der Waals surface area contributed by atoms with Crippen LogP contribution in [-0.4, -0.2) is 31.5 Å². The molecular formula is C13H21NO2. The Kier molecular flexibility index (Phi) is 6.08. The predicted molar refractivity (Wildman–Crippen MR) is 65.4 cm³/mol. The molecule has 1 rings (SSSR count). The average molecular weight is 223 g/mol. The Hall–Kier alpha value is -0.900. The first-order valence-electron chi connectivity index (χ1n) is 5.72. The highest BCUT2D eigenvalue weighted by Crippen LogP contribution is 2.08. The number of aryl methyl sites for hydroxylation is 1. The van der Waals surface area contributed by atoms with Crippen LogP contribution < -0.4 is 5.32 Å². The van der Waals surface area contributed by atoms with Crippen LogP contribution in [0.3, 0.4) is 0 Å². The zero-order valence-corrected chi connectivity index (χ0v) is 10.1. The van der Waals surface area contributed by atoms with Gasteiger partial charge in [-0.3, -0.25) is 0 Å². The van der Waals surface area contributed by atoms with Crippen LogP contribution in [0.5, 0.6) is 0 Å². The molecule has 1 unspecified atom stereocenters. The third-order valence-corrected chi connectivity index (χ3v) is 2.55. The van der Waals surface area contributed by atoms with Gasteiger partial charge in [0.1, 0.15) is 0 Å². The topological polar surface area (TPSA) is 41.5 Å². The maximum absolute atomic E-state index is 9.47. The van der Waals surface area contributed by atoms with E-state index >= 15 is 0 Å². The SMILES string of the molecule is CCc1ccccc1CNCC(O)COC. The Morgan fingerprint density at radius 3 is 2.62 bits per heavy atom. The van der Waals surface area contributed by atoms with E-state index in [1.165, 1.54) is 11.1 Å². The molecular weight excluding hydrogens is 202 g/mol. The summed E-state index contributed by atoms with van der Waals surface area (Å²) in [5.41, 5.74) is 2.66. The molecule has 0 fully saturated rings. The molecule has 0 aliphatic rings. The van der Waals surface area contributed by atoms with Gasteiger partial charge in [-0.15, -0.1) is 0 Å². The van der Waals surface area contributed by atoms with E-state index < -0.39 is 6.10 Å². The summed E-state index contributed by atoms with van der Waals surface area (Å²) in [4.78, 5) is 0. The molecule has 2 N–H and O–H groups in total. The number of nitrogens with one attached hydrogen (secondary N) is 1. The van der Waals surface area contributed by atoms with Crippen LogP contribution in [0, 0.1) is 0 Å². The van der Waals surface area contributed by atoms with Crippen molar-refractivity contribution in [1.82, 2.24) is 5.32 Å². The van der Waals surface area contributed by atoms with E-state index in [1.807, 2.05) is 6.07 Å². The van der Waals surface area contributed by atoms with Crippen LogP contribution in [0.1, 0.15) is 18.1 Å². The van der Waals surface area contributed by atoms with Gasteiger partial charge in [-0.05, 0) is 17.5 Å². The van der Waals surface area contributed by atoms with Gasteiger partial charge in [0.25, 0.3) is 0 Å². The van der Waals surface area contributed by atoms with E-state index in [-0.39, 0.29) is 0 Å². The first kappa shape index (κ1) is 13.2. The van der Waals surface area contributed by atoms with Crippen molar-refractivity contribution >= 4 is 0 Å². The molecule has 0 saturated heterocycles. The van der Waals surface area contributed by atoms with Crippen LogP contribution in [-0.2, 0) is 17.7 Å². The lowest BCUT2D eigenvalue weighted by Gasteiger charge is -2.12. The lowest BCUT2D eigenvalue weighted by molar-refractivity contribution is 0.0644. The Morgan fingerprint density at radius 2 is 2.00 bits per heavy atom. The van der Waals surface area contributed by atoms with E-state index in [1.54, 1.807) is 7.11 Å². The molecule has 0 radical (unpaired) electrons. The monoisotopic (exact) mass is 223 g/mol. The second kappa shape index (κ2) is 7.39. The molecule has 1 aromatic carbocycles. The minimum Gasteiger partial charge on any atom is -0.389 e. The molecule has 16 heavy (non-hydrogen) atoms. The van der Waals surface area contributed by atoms with Crippen LogP contribution in [0.4, 0.5) is 0 Å². The van der Waals surface area contributed by atoms with Gasteiger partial charge in [0.15, 0.2) is 0 Å². The molecule has 0 spiro atoms. The number of aliphatic hydroxyl groups is 1. The van der Waals surface area contributed by atoms with Crippen molar-refractivity contribution in [2.75, 3.05) is 20.3 Å². The molecule has 0 aromatic heterocycles. The Balaban J connectivity index is 2.36. The van der Waals surface area contributed by atoms with Crippen LogP contribution in [0.25, 0.3) is 0 Å². The fourth-order valence-corrected chi connectivity index (χ4v) is 1.70. The Labute approximate surface area is 97.4 Å². The fourth-order valence-electron chi connectivity index (χ4n) is 1.70. The fraction of sp³-hybridized carbons (Fsp3) is 0.538. The number of hydrogen-bond donors (Lipinski definition) is 2. The van der Waals surface area contributed by atoms with Crippen molar-refractivity contribution < 1.29 is 9.84 Å². The normalized spacial score (nSPS) is 12.7. The predicted octanol–water partition coefficient (Wildman–Crippen LogP) is 1.35. The van der Waals surface area contributed by atoms with Crippen molar-refractivity contribution in [3.05, 3.63) is 35.4 Å². The molecule has 90 valence electrons. The van der Waals surface area contributed by atoms with Gasteiger partial charge >= 0.3 is 0 Å². The summed E-state index contributed by atoms with van der Waals surface area (Å²) in [5.74, 6) is 0. The quantitative estimate of drug-likeness (QED) is 0.733. The van der Waals surface area contributed by atoms with Gasteiger partial charge in [0.2, 0.25) is 0 Å². The molecule has 0 bridgehead atoms. The number of hydrogen-bond acceptors (Lipinski definition) is 3. The Bertz CT molecular complexity index is 302. The van der Waals surface area contributed by atoms with Crippen molar-refractivity contribution in [3.63, 3.8) is 0 Å². The van der Waals surface area contributed by atoms with Crippen molar-refractivity contribution in [1.29, 1.82) is 0 Å². The van der Waals surface area contributed by atoms with Crippen LogP contribution in [0.2, 0.25) is 0 Å². The molecule has 0 aliphatic heterocycles. The first-order chi connectivity index (χ1) is 7.77. The maximum Gasteiger partial charge on any atom is 0.0897 e. The second-order valence-corrected chi connectivity index (χ2v) is 3.86. The summed E-state index contributed by atoms with van der Waals surface area (Å²) in [5, 5.41) is 12.7. The van der Waals surface area contributed by atoms with E-state index in [2.05, 4.69) is 30.4 Å². The summed E-state index contributed by atoms with van der Waals surface area (Å²) in [6.45, 7) is 3.89. The molecule has 1 aromatic rings. The standard InChI is InChI=1S/C13H21NO2/c1-3-11-6-4-5-7-12(11)8-14-9-13(15)10-16-2/h4-7,13-15H,3,8-10H2,1-2H3. The number of benzene rings is 1. The number of methoxy groups -OCH3 is 1. The summed E-state index contributed by atoms with van der Waals surface area (Å²) in [6.07, 6.45) is 0.608. The van der Waals surface area contributed by atoms with Crippen molar-refractivity contribution in [3.8, 4) is 0 Å². The third-order valence-electron chi connectivity index (χ3n) is 2.55. The lowest BCUT2D eigenvalue weighted by atomic mass is 10.1. The zero-order chi connectivity index (χ0) is 11.8. The van der Waals surface area contributed by atoms with Gasteiger partial charge in [0, 0.05) is 20.2 Å². The molecule has 1 atom stereocenters. The van der Waals surface area contributed by atoms with Gasteiger partial charge in [-0.2, -0.15) is 0 Å². The highest BCUT2D eigenvalue weighted by Gasteiger charge is 2.03. The summed E-state index contributed by atoms with van der Waals surface area (Å²) in [6, 6.07) is 8.36. The van der Waals surface area contributed by atoms with Gasteiger partial charge in [0.05, 0.1) is 12.7 Å². The van der Waals surface area contributed by atoms with E-state index in [9.17, 15) is 5.11 Å². The smallest absolute Gasteiger partial charge is 0.0897 e. The zero-order valence-electron chi connectivity index (χ0n) is 10.1. The van der Waals surface area contributed by atoms with E-state index in [0.29, 0.717) is 13.2 Å². The Morgan fingerprint density at radius 1 is 1.31 bits per heavy atom. The van der Waals surface area contributed by atoms with E-state index in [0.717, 1.165) is 13.0 Å². The van der Waals surface area contributed by atoms with Gasteiger partial charge < -0.3 is 15.2 Å². The minimum atomic E-state index is -0.432. The largest absolute Gasteiger partial charge is 0.389 e. The highest BCUT2D eigenvalue weighted by molar-refractivity contribution is 5.26. The molecule has 0 heterocycles. The summed E-state index contributed by atoms with van der Waals surface area (Å²) in [7, 11) is 1.59. The third kappa shape index (κ3) is 4.31. The van der Waals surface area contributed by atoms with Gasteiger partial charge in [-0.25, -0.2) is 0 Å². The molecule has 3 heteroatoms. The van der Waals surface area contributed by atoms with Crippen molar-refractivity contribution in [2.24, 2.45) is 0 Å². The minimum absolute atomic E-state index is 0.377. The van der Waals surface area contributed by atoms with Crippen LogP contribution in [0.15, 0.2) is 24.3 Å². The summed E-state index contributed by atoms with van der Waals surface area (Å²) < 4.78 is 4.86. The first-order valence-corrected chi connectivity index (χ1v) is 5.72. The van der Waals surface area contributed by atoms with Crippen LogP contribution >= 0.6 is 0 Å². The average Bonchev–Trinajstić information content (AvgIpc) is 2.30. The van der Waals surface area contributed by atoms with Crippen molar-refractivity contribution in [2.45, 2.75) is 26.0 Å². The summed E-state index contributed by atoms with van der Waals surface area (Å²) >= 11 is 0. The highest BCUT2D eigenvalue weighted by atomic mass is 16.5. The molecule has 3 nitrogen and oxygen atoms in total. The number of aliphatic hydroxyl groups excluding tert-OH is 1.